The normalized spacial score (nSPS) is 16.8. The predicted molar refractivity (Wildman–Crippen MR) is 147 cm³/mol. The zero-order valence-electron chi connectivity index (χ0n) is 20.1. The molecule has 2 aromatic carbocycles. The summed E-state index contributed by atoms with van der Waals surface area (Å²) >= 11 is 9.87. The zero-order valence-corrected chi connectivity index (χ0v) is 23.3. The molecule has 2 aliphatic rings. The van der Waals surface area contributed by atoms with E-state index in [2.05, 4.69) is 21.4 Å². The molecule has 4 rings (SSSR count). The van der Waals surface area contributed by atoms with E-state index in [0.717, 1.165) is 22.3 Å². The van der Waals surface area contributed by atoms with E-state index in [-0.39, 0.29) is 16.8 Å². The van der Waals surface area contributed by atoms with E-state index in [9.17, 15) is 14.4 Å². The Hall–Kier alpha value is -2.93. The topological polar surface area (TPSA) is 97.4 Å². The molecule has 0 atom stereocenters. The second-order valence-corrected chi connectivity index (χ2v) is 10.7. The maximum absolute atomic E-state index is 13.0. The number of morpholine rings is 1. The van der Waals surface area contributed by atoms with E-state index in [4.69, 9.17) is 26.4 Å². The van der Waals surface area contributed by atoms with Gasteiger partial charge in [-0.3, -0.25) is 19.8 Å². The number of aryl methyl sites for hydroxylation is 1. The fourth-order valence-corrected chi connectivity index (χ4v) is 5.34. The minimum Gasteiger partial charge on any atom is -0.493 e. The first-order chi connectivity index (χ1) is 17.8. The van der Waals surface area contributed by atoms with Gasteiger partial charge in [0.05, 0.1) is 29.7 Å². The van der Waals surface area contributed by atoms with Gasteiger partial charge in [0.25, 0.3) is 17.7 Å². The summed E-state index contributed by atoms with van der Waals surface area (Å²) in [5, 5.41) is 1.06. The van der Waals surface area contributed by atoms with Gasteiger partial charge in [0.15, 0.2) is 22.4 Å². The fourth-order valence-electron chi connectivity index (χ4n) is 3.59. The van der Waals surface area contributed by atoms with Crippen molar-refractivity contribution in [1.82, 2.24) is 15.3 Å². The zero-order chi connectivity index (χ0) is 26.5. The van der Waals surface area contributed by atoms with E-state index in [1.54, 1.807) is 35.2 Å². The van der Waals surface area contributed by atoms with Crippen molar-refractivity contribution >= 4 is 68.0 Å². The molecule has 2 fully saturated rings. The lowest BCUT2D eigenvalue weighted by Crippen LogP contribution is -2.44. The number of carbonyl (C=O) groups excluding carboxylic acids is 3. The molecule has 0 aliphatic carbocycles. The maximum Gasteiger partial charge on any atom is 0.285 e. The van der Waals surface area contributed by atoms with E-state index in [0.29, 0.717) is 58.3 Å². The highest BCUT2D eigenvalue weighted by atomic mass is 79.9. The lowest BCUT2D eigenvalue weighted by atomic mass is 10.1. The Morgan fingerprint density at radius 1 is 1.22 bits per heavy atom. The van der Waals surface area contributed by atoms with E-state index < -0.39 is 11.8 Å². The van der Waals surface area contributed by atoms with Crippen molar-refractivity contribution in [1.29, 1.82) is 0 Å². The molecular formula is C25H24BrN3O6S2. The summed E-state index contributed by atoms with van der Waals surface area (Å²) in [5.41, 5.74) is 4.65. The van der Waals surface area contributed by atoms with Crippen molar-refractivity contribution in [2.45, 2.75) is 6.92 Å². The number of methoxy groups -OCH3 is 1. The van der Waals surface area contributed by atoms with E-state index in [1.807, 2.05) is 19.1 Å². The third-order valence-electron chi connectivity index (χ3n) is 5.57. The SMILES string of the molecule is COc1cc(/C=C2/SC(=S)N(NC(=O)c3ccc(C)cc3)C2=O)cc(Br)c1OCC(=O)N1CCOCC1. The van der Waals surface area contributed by atoms with Gasteiger partial charge in [0.1, 0.15) is 0 Å². The van der Waals surface area contributed by atoms with E-state index in [1.165, 1.54) is 7.11 Å². The average Bonchev–Trinajstić information content (AvgIpc) is 3.15. The largest absolute Gasteiger partial charge is 0.493 e. The van der Waals surface area contributed by atoms with Gasteiger partial charge in [-0.25, -0.2) is 0 Å². The molecule has 0 aromatic heterocycles. The Labute approximate surface area is 232 Å². The Balaban J connectivity index is 1.46. The Kier molecular flexibility index (Phi) is 8.85. The number of hydrogen-bond acceptors (Lipinski definition) is 8. The maximum atomic E-state index is 13.0. The van der Waals surface area contributed by atoms with Crippen LogP contribution >= 0.6 is 39.9 Å². The number of carbonyl (C=O) groups is 3. The van der Waals surface area contributed by atoms with Gasteiger partial charge in [-0.1, -0.05) is 29.5 Å². The molecule has 12 heteroatoms. The highest BCUT2D eigenvalue weighted by molar-refractivity contribution is 9.10. The molecule has 9 nitrogen and oxygen atoms in total. The summed E-state index contributed by atoms with van der Waals surface area (Å²) in [7, 11) is 1.49. The van der Waals surface area contributed by atoms with Gasteiger partial charge >= 0.3 is 0 Å². The molecule has 2 aliphatic heterocycles. The molecule has 0 unspecified atom stereocenters. The Bertz CT molecular complexity index is 1260. The lowest BCUT2D eigenvalue weighted by molar-refractivity contribution is -0.137. The summed E-state index contributed by atoms with van der Waals surface area (Å²) < 4.78 is 17.3. The van der Waals surface area contributed by atoms with Crippen molar-refractivity contribution in [3.05, 3.63) is 62.5 Å². The highest BCUT2D eigenvalue weighted by Crippen LogP contribution is 2.39. The monoisotopic (exact) mass is 605 g/mol. The standard InChI is InChI=1S/C25H24BrN3O6S2/c1-15-3-5-17(6-4-15)23(31)27-29-24(32)20(37-25(29)36)13-16-11-18(26)22(19(12-16)33-2)35-14-21(30)28-7-9-34-10-8-28/h3-6,11-13H,7-10,14H2,1-2H3,(H,27,31)/b20-13+. The van der Waals surface area contributed by atoms with Crippen molar-refractivity contribution in [2.24, 2.45) is 0 Å². The van der Waals surface area contributed by atoms with Crippen molar-refractivity contribution in [3.63, 3.8) is 0 Å². The molecule has 194 valence electrons. The summed E-state index contributed by atoms with van der Waals surface area (Å²) in [4.78, 5) is 40.0. The number of nitrogens with zero attached hydrogens (tertiary/aromatic N) is 2. The minimum absolute atomic E-state index is 0.141. The molecule has 3 amide bonds. The molecule has 2 heterocycles. The molecule has 0 bridgehead atoms. The van der Waals surface area contributed by atoms with Gasteiger partial charge in [-0.05, 0) is 71.0 Å². The lowest BCUT2D eigenvalue weighted by Gasteiger charge is -2.27. The quantitative estimate of drug-likeness (QED) is 0.378. The first-order valence-corrected chi connectivity index (χ1v) is 13.3. The molecule has 0 spiro atoms. The third kappa shape index (κ3) is 6.50. The van der Waals surface area contributed by atoms with Crippen LogP contribution < -0.4 is 14.9 Å². The van der Waals surface area contributed by atoms with Crippen LogP contribution in [-0.2, 0) is 14.3 Å². The number of rotatable bonds is 7. The molecular weight excluding hydrogens is 582 g/mol. The van der Waals surface area contributed by atoms with Crippen LogP contribution in [0.2, 0.25) is 0 Å². The molecule has 37 heavy (non-hydrogen) atoms. The van der Waals surface area contributed by atoms with Gasteiger partial charge in [-0.2, -0.15) is 5.01 Å². The molecule has 0 saturated carbocycles. The molecule has 2 aromatic rings. The number of thiocarbonyl (C=S) groups is 1. The van der Waals surface area contributed by atoms with Gasteiger partial charge < -0.3 is 19.1 Å². The van der Waals surface area contributed by atoms with E-state index >= 15 is 0 Å². The third-order valence-corrected chi connectivity index (χ3v) is 7.47. The van der Waals surface area contributed by atoms with Gasteiger partial charge in [0, 0.05) is 18.7 Å². The number of hydrogen-bond donors (Lipinski definition) is 1. The van der Waals surface area contributed by atoms with Crippen LogP contribution in [0.4, 0.5) is 0 Å². The molecule has 2 saturated heterocycles. The minimum atomic E-state index is -0.443. The summed E-state index contributed by atoms with van der Waals surface area (Å²) in [5.74, 6) is -0.257. The van der Waals surface area contributed by atoms with Crippen molar-refractivity contribution in [2.75, 3.05) is 40.0 Å². The van der Waals surface area contributed by atoms with Crippen LogP contribution in [0.5, 0.6) is 11.5 Å². The van der Waals surface area contributed by atoms with Crippen LogP contribution in [0.15, 0.2) is 45.8 Å². The van der Waals surface area contributed by atoms with Gasteiger partial charge in [-0.15, -0.1) is 0 Å². The number of benzene rings is 2. The van der Waals surface area contributed by atoms with Crippen molar-refractivity contribution < 1.29 is 28.6 Å². The van der Waals surface area contributed by atoms with Crippen LogP contribution in [0, 0.1) is 6.92 Å². The van der Waals surface area contributed by atoms with Crippen LogP contribution in [-0.4, -0.2) is 72.0 Å². The molecule has 1 N–H and O–H groups in total. The smallest absolute Gasteiger partial charge is 0.285 e. The number of halogens is 1. The average molecular weight is 607 g/mol. The first-order valence-electron chi connectivity index (χ1n) is 11.3. The number of amides is 3. The summed E-state index contributed by atoms with van der Waals surface area (Å²) in [6.45, 7) is 3.86. The molecule has 0 radical (unpaired) electrons. The predicted octanol–water partition coefficient (Wildman–Crippen LogP) is 3.55. The number of thioether (sulfide) groups is 1. The van der Waals surface area contributed by atoms with Crippen LogP contribution in [0.3, 0.4) is 0 Å². The number of nitrogens with one attached hydrogen (secondary N) is 1. The number of hydrazine groups is 1. The van der Waals surface area contributed by atoms with Crippen LogP contribution in [0.25, 0.3) is 6.08 Å². The Morgan fingerprint density at radius 2 is 1.92 bits per heavy atom. The van der Waals surface area contributed by atoms with Crippen LogP contribution in [0.1, 0.15) is 21.5 Å². The van der Waals surface area contributed by atoms with Crippen molar-refractivity contribution in [3.8, 4) is 11.5 Å². The summed E-state index contributed by atoms with van der Waals surface area (Å²) in [6, 6.07) is 10.4. The highest BCUT2D eigenvalue weighted by Gasteiger charge is 2.34. The Morgan fingerprint density at radius 3 is 2.59 bits per heavy atom. The number of ether oxygens (including phenoxy) is 3. The fraction of sp³-hybridized carbons (Fsp3) is 0.280. The summed E-state index contributed by atoms with van der Waals surface area (Å²) in [6.07, 6.45) is 1.65. The van der Waals surface area contributed by atoms with Gasteiger partial charge in [0.2, 0.25) is 0 Å². The second-order valence-electron chi connectivity index (χ2n) is 8.14. The first kappa shape index (κ1) is 27.1. The second kappa shape index (κ2) is 12.1.